The topological polar surface area (TPSA) is 66.4 Å². The second-order valence-corrected chi connectivity index (χ2v) is 6.10. The van der Waals surface area contributed by atoms with Crippen LogP contribution in [0.2, 0.25) is 0 Å². The van der Waals surface area contributed by atoms with Gasteiger partial charge in [-0.1, -0.05) is 69.9 Å². The van der Waals surface area contributed by atoms with E-state index in [0.717, 1.165) is 31.2 Å². The molecule has 0 heterocycles. The molecule has 2 atom stereocenters. The van der Waals surface area contributed by atoms with Crippen molar-refractivity contribution in [1.82, 2.24) is 5.32 Å². The Morgan fingerprint density at radius 2 is 1.87 bits per heavy atom. The van der Waals surface area contributed by atoms with E-state index in [4.69, 9.17) is 0 Å². The molecule has 1 rings (SSSR count). The maximum atomic E-state index is 12.0. The first kappa shape index (κ1) is 19.2. The highest BCUT2D eigenvalue weighted by Crippen LogP contribution is 2.19. The van der Waals surface area contributed by atoms with Gasteiger partial charge in [0.1, 0.15) is 6.04 Å². The number of aliphatic carboxylic acids is 1. The van der Waals surface area contributed by atoms with Crippen molar-refractivity contribution < 1.29 is 14.7 Å². The Kier molecular flexibility index (Phi) is 9.03. The van der Waals surface area contributed by atoms with Crippen molar-refractivity contribution in [3.8, 4) is 0 Å². The average Bonchev–Trinajstić information content (AvgIpc) is 2.56. The molecule has 128 valence electrons. The van der Waals surface area contributed by atoms with Crippen molar-refractivity contribution in [2.75, 3.05) is 0 Å². The Bertz CT molecular complexity index is 473. The number of carboxylic acid groups (broad SMARTS) is 1. The summed E-state index contributed by atoms with van der Waals surface area (Å²) in [5.74, 6) is -0.773. The van der Waals surface area contributed by atoms with Crippen LogP contribution in [0.1, 0.15) is 57.9 Å². The van der Waals surface area contributed by atoms with Crippen LogP contribution < -0.4 is 5.32 Å². The molecular weight excluding hydrogens is 290 g/mol. The normalized spacial score (nSPS) is 13.3. The van der Waals surface area contributed by atoms with Gasteiger partial charge in [0, 0.05) is 6.42 Å². The minimum atomic E-state index is -0.937. The highest BCUT2D eigenvalue weighted by atomic mass is 16.4. The Morgan fingerprint density at radius 3 is 2.43 bits per heavy atom. The molecule has 0 fully saturated rings. The molecule has 0 aliphatic rings. The molecule has 2 N–H and O–H groups in total. The first-order chi connectivity index (χ1) is 11.1. The van der Waals surface area contributed by atoms with Crippen LogP contribution in [0.4, 0.5) is 0 Å². The SMILES string of the molecule is CCCCC(CC)CC(NC(=O)CCc1ccccc1)C(=O)O. The minimum Gasteiger partial charge on any atom is -0.480 e. The number of rotatable bonds is 11. The van der Waals surface area contributed by atoms with Gasteiger partial charge in [0.2, 0.25) is 5.91 Å². The summed E-state index contributed by atoms with van der Waals surface area (Å²) < 4.78 is 0. The summed E-state index contributed by atoms with van der Waals surface area (Å²) >= 11 is 0. The van der Waals surface area contributed by atoms with E-state index in [1.807, 2.05) is 30.3 Å². The van der Waals surface area contributed by atoms with Crippen molar-refractivity contribution in [2.24, 2.45) is 5.92 Å². The zero-order chi connectivity index (χ0) is 17.1. The first-order valence-corrected chi connectivity index (χ1v) is 8.62. The lowest BCUT2D eigenvalue weighted by atomic mass is 9.92. The number of benzene rings is 1. The molecule has 4 nitrogen and oxygen atoms in total. The molecule has 0 radical (unpaired) electrons. The Hall–Kier alpha value is -1.84. The molecule has 4 heteroatoms. The average molecular weight is 319 g/mol. The Labute approximate surface area is 139 Å². The molecule has 0 bridgehead atoms. The second-order valence-electron chi connectivity index (χ2n) is 6.10. The van der Waals surface area contributed by atoms with Gasteiger partial charge < -0.3 is 10.4 Å². The number of unbranched alkanes of at least 4 members (excludes halogenated alkanes) is 1. The lowest BCUT2D eigenvalue weighted by Crippen LogP contribution is -2.42. The van der Waals surface area contributed by atoms with Gasteiger partial charge in [0.05, 0.1) is 0 Å². The fourth-order valence-corrected chi connectivity index (χ4v) is 2.71. The van der Waals surface area contributed by atoms with E-state index in [1.54, 1.807) is 0 Å². The summed E-state index contributed by atoms with van der Waals surface area (Å²) in [6.07, 6.45) is 5.65. The molecule has 0 aliphatic heterocycles. The van der Waals surface area contributed by atoms with E-state index in [2.05, 4.69) is 19.2 Å². The van der Waals surface area contributed by atoms with E-state index < -0.39 is 12.0 Å². The van der Waals surface area contributed by atoms with Crippen LogP contribution in [0.25, 0.3) is 0 Å². The van der Waals surface area contributed by atoms with Crippen molar-refractivity contribution in [3.05, 3.63) is 35.9 Å². The molecule has 0 saturated carbocycles. The number of aryl methyl sites for hydroxylation is 1. The van der Waals surface area contributed by atoms with Crippen molar-refractivity contribution >= 4 is 11.9 Å². The fraction of sp³-hybridized carbons (Fsp3) is 0.579. The van der Waals surface area contributed by atoms with Crippen molar-refractivity contribution in [3.63, 3.8) is 0 Å². The molecule has 0 aromatic heterocycles. The monoisotopic (exact) mass is 319 g/mol. The van der Waals surface area contributed by atoms with Crippen LogP contribution in [0.3, 0.4) is 0 Å². The number of carbonyl (C=O) groups excluding carboxylic acids is 1. The van der Waals surface area contributed by atoms with Crippen LogP contribution >= 0.6 is 0 Å². The predicted molar refractivity (Wildman–Crippen MR) is 92.3 cm³/mol. The fourth-order valence-electron chi connectivity index (χ4n) is 2.71. The summed E-state index contributed by atoms with van der Waals surface area (Å²) in [7, 11) is 0. The number of hydrogen-bond donors (Lipinski definition) is 2. The number of nitrogens with one attached hydrogen (secondary N) is 1. The number of carbonyl (C=O) groups is 2. The molecule has 1 aromatic rings. The van der Waals surface area contributed by atoms with Gasteiger partial charge in [-0.05, 0) is 24.3 Å². The summed E-state index contributed by atoms with van der Waals surface area (Å²) in [5, 5.41) is 12.1. The smallest absolute Gasteiger partial charge is 0.326 e. The molecule has 2 unspecified atom stereocenters. The van der Waals surface area contributed by atoms with Crippen LogP contribution in [-0.2, 0) is 16.0 Å². The Balaban J connectivity index is 2.47. The largest absolute Gasteiger partial charge is 0.480 e. The summed E-state index contributed by atoms with van der Waals surface area (Å²) in [6.45, 7) is 4.21. The summed E-state index contributed by atoms with van der Waals surface area (Å²) in [5.41, 5.74) is 1.09. The highest BCUT2D eigenvalue weighted by Gasteiger charge is 2.23. The standard InChI is InChI=1S/C19H29NO3/c1-3-5-9-15(4-2)14-17(19(22)23)20-18(21)13-12-16-10-7-6-8-11-16/h6-8,10-11,15,17H,3-5,9,12-14H2,1-2H3,(H,20,21)(H,22,23). The summed E-state index contributed by atoms with van der Waals surface area (Å²) in [4.78, 5) is 23.5. The molecular formula is C19H29NO3. The van der Waals surface area contributed by atoms with Gasteiger partial charge in [-0.25, -0.2) is 4.79 Å². The zero-order valence-corrected chi connectivity index (χ0v) is 14.3. The van der Waals surface area contributed by atoms with Crippen LogP contribution in [0, 0.1) is 5.92 Å². The third-order valence-electron chi connectivity index (χ3n) is 4.23. The third kappa shape index (κ3) is 7.82. The molecule has 0 aliphatic carbocycles. The predicted octanol–water partition coefficient (Wildman–Crippen LogP) is 3.80. The van der Waals surface area contributed by atoms with Gasteiger partial charge in [-0.3, -0.25) is 4.79 Å². The number of amides is 1. The molecule has 23 heavy (non-hydrogen) atoms. The second kappa shape index (κ2) is 10.8. The number of hydrogen-bond acceptors (Lipinski definition) is 2. The third-order valence-corrected chi connectivity index (χ3v) is 4.23. The van der Waals surface area contributed by atoms with Crippen LogP contribution in [-0.4, -0.2) is 23.0 Å². The molecule has 0 saturated heterocycles. The lowest BCUT2D eigenvalue weighted by Gasteiger charge is -2.20. The molecule has 1 amide bonds. The highest BCUT2D eigenvalue weighted by molar-refractivity contribution is 5.83. The van der Waals surface area contributed by atoms with Gasteiger partial charge in [0.25, 0.3) is 0 Å². The van der Waals surface area contributed by atoms with E-state index in [1.165, 1.54) is 0 Å². The lowest BCUT2D eigenvalue weighted by molar-refractivity contribution is -0.142. The van der Waals surface area contributed by atoms with Gasteiger partial charge in [0.15, 0.2) is 0 Å². The maximum absolute atomic E-state index is 12.0. The van der Waals surface area contributed by atoms with E-state index in [-0.39, 0.29) is 5.91 Å². The van der Waals surface area contributed by atoms with E-state index >= 15 is 0 Å². The van der Waals surface area contributed by atoms with Gasteiger partial charge in [-0.2, -0.15) is 0 Å². The van der Waals surface area contributed by atoms with E-state index in [0.29, 0.717) is 25.2 Å². The van der Waals surface area contributed by atoms with Crippen LogP contribution in [0.15, 0.2) is 30.3 Å². The first-order valence-electron chi connectivity index (χ1n) is 8.62. The van der Waals surface area contributed by atoms with E-state index in [9.17, 15) is 14.7 Å². The quantitative estimate of drug-likeness (QED) is 0.652. The number of carboxylic acids is 1. The zero-order valence-electron chi connectivity index (χ0n) is 14.3. The maximum Gasteiger partial charge on any atom is 0.326 e. The van der Waals surface area contributed by atoms with Crippen molar-refractivity contribution in [2.45, 2.75) is 64.8 Å². The summed E-state index contributed by atoms with van der Waals surface area (Å²) in [6, 6.07) is 8.98. The molecule has 1 aromatic carbocycles. The Morgan fingerprint density at radius 1 is 1.17 bits per heavy atom. The van der Waals surface area contributed by atoms with Crippen LogP contribution in [0.5, 0.6) is 0 Å². The minimum absolute atomic E-state index is 0.188. The van der Waals surface area contributed by atoms with Gasteiger partial charge in [-0.15, -0.1) is 0 Å². The van der Waals surface area contributed by atoms with Gasteiger partial charge >= 0.3 is 5.97 Å². The van der Waals surface area contributed by atoms with Crippen molar-refractivity contribution in [1.29, 1.82) is 0 Å². The molecule has 0 spiro atoms.